The third-order valence-electron chi connectivity index (χ3n) is 3.98. The first kappa shape index (κ1) is 18.4. The van der Waals surface area contributed by atoms with Crippen LogP contribution in [-0.2, 0) is 4.79 Å². The summed E-state index contributed by atoms with van der Waals surface area (Å²) in [6, 6.07) is 12.7. The molecule has 1 aromatic carbocycles. The highest BCUT2D eigenvalue weighted by Gasteiger charge is 2.22. The van der Waals surface area contributed by atoms with Crippen LogP contribution in [-0.4, -0.2) is 40.6 Å². The molecule has 6 heteroatoms. The predicted octanol–water partition coefficient (Wildman–Crippen LogP) is 2.84. The Hall–Kier alpha value is -2.89. The number of nitrogens with zero attached hydrogens (tertiary/aromatic N) is 2. The number of carbonyl (C=O) groups excluding carboxylic acids is 1. The molecule has 0 aliphatic heterocycles. The molecule has 0 fully saturated rings. The number of aliphatic carboxylic acids is 1. The Labute approximate surface area is 147 Å². The van der Waals surface area contributed by atoms with Crippen molar-refractivity contribution in [1.29, 1.82) is 0 Å². The first-order valence-electron chi connectivity index (χ1n) is 8.10. The molecule has 25 heavy (non-hydrogen) atoms. The van der Waals surface area contributed by atoms with E-state index in [9.17, 15) is 9.59 Å². The van der Waals surface area contributed by atoms with E-state index in [2.05, 4.69) is 10.3 Å². The fourth-order valence-corrected chi connectivity index (χ4v) is 2.44. The molecule has 0 aliphatic rings. The fourth-order valence-electron chi connectivity index (χ4n) is 2.44. The molecular weight excluding hydrogens is 318 g/mol. The van der Waals surface area contributed by atoms with E-state index in [0.29, 0.717) is 0 Å². The molecule has 2 amide bonds. The minimum Gasteiger partial charge on any atom is -0.481 e. The number of urea groups is 1. The van der Waals surface area contributed by atoms with Gasteiger partial charge in [0.2, 0.25) is 0 Å². The van der Waals surface area contributed by atoms with Crippen molar-refractivity contribution in [3.05, 3.63) is 65.5 Å². The van der Waals surface area contributed by atoms with Crippen molar-refractivity contribution in [3.63, 3.8) is 0 Å². The van der Waals surface area contributed by atoms with E-state index >= 15 is 0 Å². The van der Waals surface area contributed by atoms with Gasteiger partial charge >= 0.3 is 12.0 Å². The number of nitrogens with one attached hydrogen (secondary N) is 1. The van der Waals surface area contributed by atoms with Crippen LogP contribution in [0.3, 0.4) is 0 Å². The van der Waals surface area contributed by atoms with Crippen molar-refractivity contribution in [1.82, 2.24) is 15.2 Å². The van der Waals surface area contributed by atoms with Gasteiger partial charge < -0.3 is 15.3 Å². The monoisotopic (exact) mass is 341 g/mol. The summed E-state index contributed by atoms with van der Waals surface area (Å²) in [5.74, 6) is -1.57. The standard InChI is InChI=1S/C19H23N3O3/c1-13-7-9-15(10-8-13)17(16-6-4-5-11-20-16)21-19(25)22(3)12-14(2)18(23)24/h4-11,14,17H,12H2,1-3H3,(H,21,25)(H,23,24). The Morgan fingerprint density at radius 2 is 1.88 bits per heavy atom. The zero-order valence-corrected chi connectivity index (χ0v) is 14.6. The Balaban J connectivity index is 2.20. The molecule has 1 heterocycles. The van der Waals surface area contributed by atoms with Crippen LogP contribution < -0.4 is 5.32 Å². The van der Waals surface area contributed by atoms with Gasteiger partial charge in [-0.15, -0.1) is 0 Å². The second-order valence-electron chi connectivity index (χ2n) is 6.17. The first-order valence-corrected chi connectivity index (χ1v) is 8.10. The third kappa shape index (κ3) is 5.04. The summed E-state index contributed by atoms with van der Waals surface area (Å²) in [5, 5.41) is 12.0. The largest absolute Gasteiger partial charge is 0.481 e. The van der Waals surface area contributed by atoms with Crippen molar-refractivity contribution in [2.45, 2.75) is 19.9 Å². The molecule has 0 saturated heterocycles. The van der Waals surface area contributed by atoms with Gasteiger partial charge in [-0.2, -0.15) is 0 Å². The number of hydrogen-bond donors (Lipinski definition) is 2. The molecule has 1 aromatic heterocycles. The summed E-state index contributed by atoms with van der Waals surface area (Å²) in [6.07, 6.45) is 1.68. The van der Waals surface area contributed by atoms with E-state index in [1.165, 1.54) is 4.90 Å². The maximum atomic E-state index is 12.5. The number of carboxylic acid groups (broad SMARTS) is 1. The molecular formula is C19H23N3O3. The predicted molar refractivity (Wildman–Crippen MR) is 95.2 cm³/mol. The molecule has 2 atom stereocenters. The fraction of sp³-hybridized carbons (Fsp3) is 0.316. The Bertz CT molecular complexity index is 716. The van der Waals surface area contributed by atoms with Crippen LogP contribution in [0, 0.1) is 12.8 Å². The topological polar surface area (TPSA) is 82.5 Å². The van der Waals surface area contributed by atoms with Gasteiger partial charge in [-0.3, -0.25) is 9.78 Å². The smallest absolute Gasteiger partial charge is 0.317 e. The number of amides is 2. The third-order valence-corrected chi connectivity index (χ3v) is 3.98. The zero-order valence-electron chi connectivity index (χ0n) is 14.6. The maximum absolute atomic E-state index is 12.5. The van der Waals surface area contributed by atoms with Crippen LogP contribution >= 0.6 is 0 Å². The van der Waals surface area contributed by atoms with Gasteiger partial charge in [-0.25, -0.2) is 4.79 Å². The van der Waals surface area contributed by atoms with Gasteiger partial charge in [0.05, 0.1) is 17.7 Å². The molecule has 0 aliphatic carbocycles. The van der Waals surface area contributed by atoms with Crippen LogP contribution in [0.2, 0.25) is 0 Å². The van der Waals surface area contributed by atoms with E-state index < -0.39 is 17.9 Å². The summed E-state index contributed by atoms with van der Waals surface area (Å²) in [7, 11) is 1.58. The lowest BCUT2D eigenvalue weighted by Gasteiger charge is -2.25. The van der Waals surface area contributed by atoms with Crippen molar-refractivity contribution in [2.75, 3.05) is 13.6 Å². The zero-order chi connectivity index (χ0) is 18.4. The molecule has 2 aromatic rings. The number of carbonyl (C=O) groups is 2. The number of rotatable bonds is 6. The normalized spacial score (nSPS) is 12.9. The average Bonchev–Trinajstić information content (AvgIpc) is 2.61. The van der Waals surface area contributed by atoms with E-state index in [4.69, 9.17) is 5.11 Å². The van der Waals surface area contributed by atoms with E-state index in [1.54, 1.807) is 20.2 Å². The summed E-state index contributed by atoms with van der Waals surface area (Å²) in [5.41, 5.74) is 2.76. The van der Waals surface area contributed by atoms with Crippen LogP contribution in [0.5, 0.6) is 0 Å². The number of carboxylic acids is 1. The molecule has 2 rings (SSSR count). The first-order chi connectivity index (χ1) is 11.9. The van der Waals surface area contributed by atoms with Crippen molar-refractivity contribution in [3.8, 4) is 0 Å². The Morgan fingerprint density at radius 1 is 1.20 bits per heavy atom. The highest BCUT2D eigenvalue weighted by atomic mass is 16.4. The highest BCUT2D eigenvalue weighted by Crippen LogP contribution is 2.21. The lowest BCUT2D eigenvalue weighted by molar-refractivity contribution is -0.141. The highest BCUT2D eigenvalue weighted by molar-refractivity contribution is 5.76. The molecule has 6 nitrogen and oxygen atoms in total. The second kappa shape index (κ2) is 8.28. The molecule has 0 radical (unpaired) electrons. The van der Waals surface area contributed by atoms with Crippen LogP contribution in [0.25, 0.3) is 0 Å². The van der Waals surface area contributed by atoms with Gasteiger partial charge in [-0.1, -0.05) is 42.8 Å². The van der Waals surface area contributed by atoms with E-state index in [-0.39, 0.29) is 12.6 Å². The second-order valence-corrected chi connectivity index (χ2v) is 6.17. The average molecular weight is 341 g/mol. The summed E-state index contributed by atoms with van der Waals surface area (Å²) in [4.78, 5) is 29.2. The summed E-state index contributed by atoms with van der Waals surface area (Å²) in [6.45, 7) is 3.70. The maximum Gasteiger partial charge on any atom is 0.317 e. The number of benzene rings is 1. The SMILES string of the molecule is Cc1ccc(C(NC(=O)N(C)CC(C)C(=O)O)c2ccccn2)cc1. The molecule has 0 bridgehead atoms. The number of pyridine rings is 1. The van der Waals surface area contributed by atoms with E-state index in [1.807, 2.05) is 49.4 Å². The van der Waals surface area contributed by atoms with Crippen LogP contribution in [0.15, 0.2) is 48.7 Å². The van der Waals surface area contributed by atoms with Gasteiger partial charge in [0.25, 0.3) is 0 Å². The lowest BCUT2D eigenvalue weighted by Crippen LogP contribution is -2.42. The molecule has 2 unspecified atom stereocenters. The number of aryl methyl sites for hydroxylation is 1. The van der Waals surface area contributed by atoms with Crippen molar-refractivity contribution >= 4 is 12.0 Å². The van der Waals surface area contributed by atoms with E-state index in [0.717, 1.165) is 16.8 Å². The number of aromatic nitrogens is 1. The minimum absolute atomic E-state index is 0.129. The van der Waals surface area contributed by atoms with Crippen LogP contribution in [0.1, 0.15) is 29.8 Å². The summed E-state index contributed by atoms with van der Waals surface area (Å²) >= 11 is 0. The minimum atomic E-state index is -0.931. The van der Waals surface area contributed by atoms with Crippen molar-refractivity contribution in [2.24, 2.45) is 5.92 Å². The molecule has 0 saturated carbocycles. The van der Waals surface area contributed by atoms with Gasteiger partial charge in [-0.05, 0) is 24.6 Å². The quantitative estimate of drug-likeness (QED) is 0.846. The lowest BCUT2D eigenvalue weighted by atomic mass is 10.0. The van der Waals surface area contributed by atoms with Crippen molar-refractivity contribution < 1.29 is 14.7 Å². The van der Waals surface area contributed by atoms with Gasteiger partial charge in [0.1, 0.15) is 0 Å². The Morgan fingerprint density at radius 3 is 2.44 bits per heavy atom. The molecule has 2 N–H and O–H groups in total. The molecule has 0 spiro atoms. The summed E-state index contributed by atoms with van der Waals surface area (Å²) < 4.78 is 0. The van der Waals surface area contributed by atoms with Gasteiger partial charge in [0.15, 0.2) is 0 Å². The Kier molecular flexibility index (Phi) is 6.11. The van der Waals surface area contributed by atoms with Gasteiger partial charge in [0, 0.05) is 19.8 Å². The number of hydrogen-bond acceptors (Lipinski definition) is 3. The molecule has 132 valence electrons. The van der Waals surface area contributed by atoms with Crippen LogP contribution in [0.4, 0.5) is 4.79 Å².